The third kappa shape index (κ3) is 3.60. The molecule has 7 nitrogen and oxygen atoms in total. The fourth-order valence-corrected chi connectivity index (χ4v) is 2.88. The van der Waals surface area contributed by atoms with Gasteiger partial charge in [-0.1, -0.05) is 24.3 Å². The quantitative estimate of drug-likeness (QED) is 0.507. The Balaban J connectivity index is 1.66. The number of rotatable bonds is 5. The van der Waals surface area contributed by atoms with E-state index in [9.17, 15) is 4.79 Å². The lowest BCUT2D eigenvalue weighted by molar-refractivity contribution is 0.447. The van der Waals surface area contributed by atoms with Crippen LogP contribution in [0.25, 0.3) is 5.69 Å². The maximum absolute atomic E-state index is 12.3. The molecule has 140 valence electrons. The van der Waals surface area contributed by atoms with Crippen molar-refractivity contribution in [1.29, 1.82) is 0 Å². The average molecular weight is 395 g/mol. The molecule has 0 atom stereocenters. The number of benzene rings is 2. The van der Waals surface area contributed by atoms with Crippen LogP contribution in [-0.4, -0.2) is 19.3 Å². The van der Waals surface area contributed by atoms with Gasteiger partial charge in [0.1, 0.15) is 22.9 Å². The lowest BCUT2D eigenvalue weighted by atomic mass is 10.3. The molecule has 0 N–H and O–H groups in total. The molecule has 0 aliphatic heterocycles. The van der Waals surface area contributed by atoms with Gasteiger partial charge in [0, 0.05) is 19.3 Å². The first-order chi connectivity index (χ1) is 13.6. The summed E-state index contributed by atoms with van der Waals surface area (Å²) in [5.74, 6) is 2.04. The zero-order chi connectivity index (χ0) is 19.5. The lowest BCUT2D eigenvalue weighted by Gasteiger charge is -2.11. The molecule has 2 aromatic carbocycles. The Labute approximate surface area is 165 Å². The number of hydrogen-bond acceptors (Lipinski definition) is 5. The van der Waals surface area contributed by atoms with E-state index >= 15 is 0 Å². The van der Waals surface area contributed by atoms with Crippen LogP contribution in [0, 0.1) is 0 Å². The van der Waals surface area contributed by atoms with Crippen LogP contribution in [0.3, 0.4) is 0 Å². The van der Waals surface area contributed by atoms with E-state index in [-0.39, 0.29) is 11.2 Å². The number of aromatic nitrogens is 4. The van der Waals surface area contributed by atoms with Gasteiger partial charge < -0.3 is 9.47 Å². The molecule has 2 heterocycles. The Morgan fingerprint density at radius 2 is 1.61 bits per heavy atom. The molecule has 0 bridgehead atoms. The number of para-hydroxylation sites is 1. The van der Waals surface area contributed by atoms with Crippen molar-refractivity contribution in [3.8, 4) is 28.8 Å². The van der Waals surface area contributed by atoms with Crippen molar-refractivity contribution in [3.63, 3.8) is 0 Å². The van der Waals surface area contributed by atoms with E-state index in [4.69, 9.17) is 21.1 Å². The van der Waals surface area contributed by atoms with Gasteiger partial charge >= 0.3 is 5.69 Å². The number of aryl methyl sites for hydroxylation is 1. The number of halogens is 1. The second-order valence-corrected chi connectivity index (χ2v) is 6.17. The summed E-state index contributed by atoms with van der Waals surface area (Å²) in [5.41, 5.74) is -0.0102. The predicted molar refractivity (Wildman–Crippen MR) is 105 cm³/mol. The van der Waals surface area contributed by atoms with Crippen LogP contribution in [0.15, 0.2) is 77.7 Å². The largest absolute Gasteiger partial charge is 0.457 e. The normalized spacial score (nSPS) is 10.6. The van der Waals surface area contributed by atoms with Crippen molar-refractivity contribution >= 4 is 11.6 Å². The van der Waals surface area contributed by atoms with E-state index < -0.39 is 5.69 Å². The van der Waals surface area contributed by atoms with E-state index in [1.54, 1.807) is 36.5 Å². The van der Waals surface area contributed by atoms with E-state index in [1.165, 1.54) is 11.6 Å². The molecule has 0 aliphatic rings. The van der Waals surface area contributed by atoms with Crippen LogP contribution in [-0.2, 0) is 7.05 Å². The number of pyridine rings is 1. The number of ether oxygens (including phenoxy) is 2. The summed E-state index contributed by atoms with van der Waals surface area (Å²) in [6, 6.07) is 19.9. The van der Waals surface area contributed by atoms with Crippen LogP contribution >= 0.6 is 11.6 Å². The second kappa shape index (κ2) is 7.58. The summed E-state index contributed by atoms with van der Waals surface area (Å²) >= 11 is 6.10. The summed E-state index contributed by atoms with van der Waals surface area (Å²) < 4.78 is 14.1. The highest BCUT2D eigenvalue weighted by Crippen LogP contribution is 2.30. The highest BCUT2D eigenvalue weighted by molar-refractivity contribution is 6.28. The van der Waals surface area contributed by atoms with Gasteiger partial charge in [0.25, 0.3) is 0 Å². The molecule has 2 aromatic heterocycles. The molecule has 4 rings (SSSR count). The van der Waals surface area contributed by atoms with Crippen LogP contribution in [0.5, 0.6) is 23.1 Å². The Morgan fingerprint density at radius 1 is 0.893 bits per heavy atom. The standard InChI is InChI=1S/C20H15ClN4O3/c1-24-20(26)25(19(21)23-24)17-11-6-12-22-18(17)28-16-10-5-9-15(13-16)27-14-7-3-2-4-8-14/h2-13H,1H3. The van der Waals surface area contributed by atoms with E-state index in [0.29, 0.717) is 22.9 Å². The smallest absolute Gasteiger partial charge is 0.351 e. The van der Waals surface area contributed by atoms with Gasteiger partial charge in [0.15, 0.2) is 0 Å². The van der Waals surface area contributed by atoms with Crippen LogP contribution in [0.4, 0.5) is 0 Å². The zero-order valence-corrected chi connectivity index (χ0v) is 15.6. The van der Waals surface area contributed by atoms with Crippen LogP contribution in [0.1, 0.15) is 0 Å². The summed E-state index contributed by atoms with van der Waals surface area (Å²) in [6.07, 6.45) is 1.57. The topological polar surface area (TPSA) is 71.2 Å². The van der Waals surface area contributed by atoms with Gasteiger partial charge in [0.2, 0.25) is 11.2 Å². The minimum atomic E-state index is -0.399. The Morgan fingerprint density at radius 3 is 2.32 bits per heavy atom. The summed E-state index contributed by atoms with van der Waals surface area (Å²) in [6.45, 7) is 0. The van der Waals surface area contributed by atoms with Gasteiger partial charge in [-0.3, -0.25) is 0 Å². The highest BCUT2D eigenvalue weighted by atomic mass is 35.5. The van der Waals surface area contributed by atoms with Crippen molar-refractivity contribution in [2.24, 2.45) is 7.05 Å². The summed E-state index contributed by atoms with van der Waals surface area (Å²) in [7, 11) is 1.52. The zero-order valence-electron chi connectivity index (χ0n) is 14.8. The lowest BCUT2D eigenvalue weighted by Crippen LogP contribution is -2.22. The second-order valence-electron chi connectivity index (χ2n) is 5.83. The van der Waals surface area contributed by atoms with E-state index in [1.807, 2.05) is 36.4 Å². The minimum absolute atomic E-state index is 0.0199. The maximum Gasteiger partial charge on any atom is 0.351 e. The molecule has 8 heteroatoms. The third-order valence-electron chi connectivity index (χ3n) is 3.88. The molecule has 0 fully saturated rings. The fourth-order valence-electron chi connectivity index (χ4n) is 2.61. The molecule has 0 spiro atoms. The van der Waals surface area contributed by atoms with Gasteiger partial charge in [-0.15, -0.1) is 5.10 Å². The molecule has 28 heavy (non-hydrogen) atoms. The third-order valence-corrected chi connectivity index (χ3v) is 4.12. The molecule has 0 saturated carbocycles. The van der Waals surface area contributed by atoms with E-state index in [2.05, 4.69) is 10.1 Å². The highest BCUT2D eigenvalue weighted by Gasteiger charge is 2.16. The van der Waals surface area contributed by atoms with Crippen molar-refractivity contribution in [2.45, 2.75) is 0 Å². The van der Waals surface area contributed by atoms with Gasteiger partial charge in [-0.2, -0.15) is 0 Å². The first-order valence-corrected chi connectivity index (χ1v) is 8.77. The average Bonchev–Trinajstić information content (AvgIpc) is 2.95. The Hall–Kier alpha value is -3.58. The monoisotopic (exact) mass is 394 g/mol. The Bertz CT molecular complexity index is 1170. The minimum Gasteiger partial charge on any atom is -0.457 e. The molecule has 4 aromatic rings. The maximum atomic E-state index is 12.3. The fraction of sp³-hybridized carbons (Fsp3) is 0.0500. The first-order valence-electron chi connectivity index (χ1n) is 8.39. The van der Waals surface area contributed by atoms with Gasteiger partial charge in [0.05, 0.1) is 0 Å². The van der Waals surface area contributed by atoms with Crippen molar-refractivity contribution in [3.05, 3.63) is 88.7 Å². The molecule has 0 unspecified atom stereocenters. The van der Waals surface area contributed by atoms with Crippen LogP contribution in [0.2, 0.25) is 5.28 Å². The van der Waals surface area contributed by atoms with Crippen molar-refractivity contribution < 1.29 is 9.47 Å². The summed E-state index contributed by atoms with van der Waals surface area (Å²) in [4.78, 5) is 16.6. The SMILES string of the molecule is Cn1nc(Cl)n(-c2cccnc2Oc2cccc(Oc3ccccc3)c2)c1=O. The molecular weight excluding hydrogens is 380 g/mol. The van der Waals surface area contributed by atoms with Gasteiger partial charge in [-0.25, -0.2) is 19.0 Å². The van der Waals surface area contributed by atoms with E-state index in [0.717, 1.165) is 4.68 Å². The number of hydrogen-bond donors (Lipinski definition) is 0. The predicted octanol–water partition coefficient (Wildman–Crippen LogP) is 4.20. The van der Waals surface area contributed by atoms with Crippen molar-refractivity contribution in [2.75, 3.05) is 0 Å². The molecule has 0 radical (unpaired) electrons. The number of nitrogens with zero attached hydrogens (tertiary/aromatic N) is 4. The molecular formula is C20H15ClN4O3. The van der Waals surface area contributed by atoms with Crippen molar-refractivity contribution in [1.82, 2.24) is 19.3 Å². The molecule has 0 saturated heterocycles. The first kappa shape index (κ1) is 17.8. The molecule has 0 amide bonds. The summed E-state index contributed by atoms with van der Waals surface area (Å²) in [5, 5.41) is 3.95. The molecule has 0 aliphatic carbocycles. The Kier molecular flexibility index (Phi) is 4.82. The van der Waals surface area contributed by atoms with Gasteiger partial charge in [-0.05, 0) is 48.0 Å². The van der Waals surface area contributed by atoms with Crippen LogP contribution < -0.4 is 15.2 Å².